The van der Waals surface area contributed by atoms with Crippen molar-refractivity contribution in [1.82, 2.24) is 15.2 Å². The third-order valence-electron chi connectivity index (χ3n) is 3.64. The van der Waals surface area contributed by atoms with Gasteiger partial charge in [-0.1, -0.05) is 53.4 Å². The zero-order chi connectivity index (χ0) is 19.9. The number of hydrogen-bond acceptors (Lipinski definition) is 8. The second-order valence-corrected chi connectivity index (χ2v) is 7.70. The summed E-state index contributed by atoms with van der Waals surface area (Å²) in [6.45, 7) is 2.16. The maximum Gasteiger partial charge on any atom is 0.236 e. The lowest BCUT2D eigenvalue weighted by Crippen LogP contribution is -2.14. The second kappa shape index (κ2) is 9.41. The van der Waals surface area contributed by atoms with Crippen LogP contribution in [-0.4, -0.2) is 34.0 Å². The predicted octanol–water partition coefficient (Wildman–Crippen LogP) is 3.66. The molecule has 0 bridgehead atoms. The summed E-state index contributed by atoms with van der Waals surface area (Å²) in [5.41, 5.74) is 2.92. The van der Waals surface area contributed by atoms with Crippen LogP contribution in [0.4, 0.5) is 5.13 Å². The molecule has 2 aromatic heterocycles. The molecular weight excluding hydrogens is 394 g/mol. The fourth-order valence-corrected chi connectivity index (χ4v) is 4.10. The molecular formula is C19H17N5O2S2. The van der Waals surface area contributed by atoms with Crippen molar-refractivity contribution >= 4 is 34.1 Å². The van der Waals surface area contributed by atoms with Gasteiger partial charge in [-0.15, -0.1) is 10.2 Å². The van der Waals surface area contributed by atoms with Gasteiger partial charge in [0.15, 0.2) is 0 Å². The normalized spacial score (nSPS) is 10.5. The first kappa shape index (κ1) is 19.9. The Kier molecular flexibility index (Phi) is 6.71. The fourth-order valence-electron chi connectivity index (χ4n) is 2.46. The molecule has 7 nitrogen and oxygen atoms in total. The Balaban J connectivity index is 1.65. The Morgan fingerprint density at radius 2 is 2.11 bits per heavy atom. The van der Waals surface area contributed by atoms with Gasteiger partial charge in [-0.2, -0.15) is 5.26 Å². The highest BCUT2D eigenvalue weighted by atomic mass is 32.2. The standard InChI is InChI=1S/C19H17N5O2S2/c1-12-8-14(10-26-2)15(9-20)18(21-12)27-11-16(25)22-19-24-23-17(28-19)13-6-4-3-5-7-13/h3-8H,10-11H2,1-2H3,(H,22,24,25). The van der Waals surface area contributed by atoms with Gasteiger partial charge in [0.1, 0.15) is 16.1 Å². The first-order valence-corrected chi connectivity index (χ1v) is 10.1. The number of nitrogens with zero attached hydrogens (tertiary/aromatic N) is 4. The number of methoxy groups -OCH3 is 1. The Morgan fingerprint density at radius 3 is 2.82 bits per heavy atom. The second-order valence-electron chi connectivity index (χ2n) is 5.76. The molecule has 0 atom stereocenters. The van der Waals surface area contributed by atoms with Crippen molar-refractivity contribution in [1.29, 1.82) is 5.26 Å². The fraction of sp³-hybridized carbons (Fsp3) is 0.211. The minimum Gasteiger partial charge on any atom is -0.380 e. The zero-order valence-electron chi connectivity index (χ0n) is 15.3. The molecule has 1 aromatic carbocycles. The monoisotopic (exact) mass is 411 g/mol. The lowest BCUT2D eigenvalue weighted by atomic mass is 10.1. The van der Waals surface area contributed by atoms with Crippen LogP contribution in [0.25, 0.3) is 10.6 Å². The highest BCUT2D eigenvalue weighted by Crippen LogP contribution is 2.27. The number of amides is 1. The molecule has 0 aliphatic heterocycles. The van der Waals surface area contributed by atoms with Crippen molar-refractivity contribution in [2.24, 2.45) is 0 Å². The van der Waals surface area contributed by atoms with E-state index in [0.717, 1.165) is 21.8 Å². The molecule has 9 heteroatoms. The van der Waals surface area contributed by atoms with Crippen LogP contribution < -0.4 is 5.32 Å². The van der Waals surface area contributed by atoms with Gasteiger partial charge in [0.2, 0.25) is 11.0 Å². The Labute approximate surface area is 170 Å². The number of benzene rings is 1. The number of carbonyl (C=O) groups excluding carboxylic acids is 1. The highest BCUT2D eigenvalue weighted by molar-refractivity contribution is 8.00. The van der Waals surface area contributed by atoms with Crippen molar-refractivity contribution in [3.8, 4) is 16.6 Å². The molecule has 2 heterocycles. The van der Waals surface area contributed by atoms with E-state index in [1.165, 1.54) is 23.1 Å². The van der Waals surface area contributed by atoms with E-state index in [4.69, 9.17) is 4.74 Å². The van der Waals surface area contributed by atoms with Gasteiger partial charge in [0.25, 0.3) is 0 Å². The highest BCUT2D eigenvalue weighted by Gasteiger charge is 2.15. The average Bonchev–Trinajstić information content (AvgIpc) is 3.15. The van der Waals surface area contributed by atoms with Crippen LogP contribution in [-0.2, 0) is 16.1 Å². The number of ether oxygens (including phenoxy) is 1. The molecule has 1 amide bonds. The summed E-state index contributed by atoms with van der Waals surface area (Å²) in [7, 11) is 1.57. The van der Waals surface area contributed by atoms with Gasteiger partial charge < -0.3 is 4.74 Å². The van der Waals surface area contributed by atoms with E-state index < -0.39 is 0 Å². The smallest absolute Gasteiger partial charge is 0.236 e. The van der Waals surface area contributed by atoms with Crippen LogP contribution in [0.3, 0.4) is 0 Å². The summed E-state index contributed by atoms with van der Waals surface area (Å²) < 4.78 is 5.14. The topological polar surface area (TPSA) is 101 Å². The number of nitriles is 1. The number of anilines is 1. The van der Waals surface area contributed by atoms with E-state index in [2.05, 4.69) is 26.6 Å². The van der Waals surface area contributed by atoms with Gasteiger partial charge >= 0.3 is 0 Å². The van der Waals surface area contributed by atoms with Crippen molar-refractivity contribution in [2.75, 3.05) is 18.2 Å². The number of aryl methyl sites for hydroxylation is 1. The molecule has 0 aliphatic rings. The first-order valence-electron chi connectivity index (χ1n) is 8.32. The average molecular weight is 412 g/mol. The number of aromatic nitrogens is 3. The van der Waals surface area contributed by atoms with Crippen molar-refractivity contribution in [3.05, 3.63) is 53.2 Å². The molecule has 0 aliphatic carbocycles. The molecule has 1 N–H and O–H groups in total. The number of hydrogen-bond donors (Lipinski definition) is 1. The van der Waals surface area contributed by atoms with Gasteiger partial charge in [0.05, 0.1) is 17.9 Å². The predicted molar refractivity (Wildman–Crippen MR) is 109 cm³/mol. The van der Waals surface area contributed by atoms with Crippen LogP contribution in [0.1, 0.15) is 16.8 Å². The number of nitrogens with one attached hydrogen (secondary N) is 1. The van der Waals surface area contributed by atoms with Crippen LogP contribution in [0, 0.1) is 18.3 Å². The van der Waals surface area contributed by atoms with E-state index >= 15 is 0 Å². The van der Waals surface area contributed by atoms with Crippen LogP contribution in [0.15, 0.2) is 41.4 Å². The SMILES string of the molecule is COCc1cc(C)nc(SCC(=O)Nc2nnc(-c3ccccc3)s2)c1C#N. The number of rotatable bonds is 7. The maximum atomic E-state index is 12.3. The maximum absolute atomic E-state index is 12.3. The van der Waals surface area contributed by atoms with E-state index in [1.54, 1.807) is 7.11 Å². The molecule has 3 aromatic rings. The van der Waals surface area contributed by atoms with Gasteiger partial charge in [-0.3, -0.25) is 10.1 Å². The summed E-state index contributed by atoms with van der Waals surface area (Å²) in [4.78, 5) is 16.7. The Hall–Kier alpha value is -2.80. The lowest BCUT2D eigenvalue weighted by Gasteiger charge is -2.09. The quantitative estimate of drug-likeness (QED) is 0.592. The van der Waals surface area contributed by atoms with E-state index in [9.17, 15) is 10.1 Å². The van der Waals surface area contributed by atoms with E-state index in [-0.39, 0.29) is 11.7 Å². The van der Waals surface area contributed by atoms with Crippen molar-refractivity contribution < 1.29 is 9.53 Å². The molecule has 0 saturated carbocycles. The lowest BCUT2D eigenvalue weighted by molar-refractivity contribution is -0.113. The third kappa shape index (κ3) is 4.92. The van der Waals surface area contributed by atoms with Crippen molar-refractivity contribution in [3.63, 3.8) is 0 Å². The van der Waals surface area contributed by atoms with Crippen LogP contribution >= 0.6 is 23.1 Å². The Morgan fingerprint density at radius 1 is 1.32 bits per heavy atom. The Bertz CT molecular complexity index is 1010. The summed E-state index contributed by atoms with van der Waals surface area (Å²) in [5.74, 6) is -0.126. The molecule has 142 valence electrons. The molecule has 0 radical (unpaired) electrons. The van der Waals surface area contributed by atoms with Crippen LogP contribution in [0.2, 0.25) is 0 Å². The summed E-state index contributed by atoms with van der Waals surface area (Å²) in [5, 5.41) is 22.0. The number of thioether (sulfide) groups is 1. The molecule has 3 rings (SSSR count). The molecule has 0 unspecified atom stereocenters. The first-order chi connectivity index (χ1) is 13.6. The zero-order valence-corrected chi connectivity index (χ0v) is 16.9. The summed E-state index contributed by atoms with van der Waals surface area (Å²) in [6.07, 6.45) is 0. The minimum absolute atomic E-state index is 0.109. The third-order valence-corrected chi connectivity index (χ3v) is 5.50. The summed E-state index contributed by atoms with van der Waals surface area (Å²) >= 11 is 2.52. The number of pyridine rings is 1. The van der Waals surface area contributed by atoms with Gasteiger partial charge in [-0.05, 0) is 18.6 Å². The molecule has 0 saturated heterocycles. The molecule has 0 spiro atoms. The van der Waals surface area contributed by atoms with Gasteiger partial charge in [-0.25, -0.2) is 4.98 Å². The minimum atomic E-state index is -0.235. The largest absolute Gasteiger partial charge is 0.380 e. The van der Waals surface area contributed by atoms with E-state index in [1.807, 2.05) is 43.3 Å². The van der Waals surface area contributed by atoms with Gasteiger partial charge in [0, 0.05) is 18.4 Å². The van der Waals surface area contributed by atoms with Crippen molar-refractivity contribution in [2.45, 2.75) is 18.6 Å². The molecule has 28 heavy (non-hydrogen) atoms. The van der Waals surface area contributed by atoms with E-state index in [0.29, 0.717) is 22.3 Å². The number of carbonyl (C=O) groups is 1. The van der Waals surface area contributed by atoms with Crippen LogP contribution in [0.5, 0.6) is 0 Å². The summed E-state index contributed by atoms with van der Waals surface area (Å²) in [6, 6.07) is 13.6. The molecule has 0 fully saturated rings.